The Morgan fingerprint density at radius 3 is 2.50 bits per heavy atom. The molecule has 0 bridgehead atoms. The van der Waals surface area contributed by atoms with Crippen LogP contribution in [0.3, 0.4) is 0 Å². The maximum atomic E-state index is 6.80. The second kappa shape index (κ2) is 4.54. The summed E-state index contributed by atoms with van der Waals surface area (Å²) in [6, 6.07) is 8.87. The fourth-order valence-electron chi connectivity index (χ4n) is 4.11. The van der Waals surface area contributed by atoms with E-state index >= 15 is 0 Å². The molecular formula is C16H24ClN. The Kier molecular flexibility index (Phi) is 3.50. The van der Waals surface area contributed by atoms with Crippen molar-refractivity contribution in [1.29, 1.82) is 0 Å². The molecule has 2 aliphatic rings. The molecule has 18 heavy (non-hydrogen) atoms. The van der Waals surface area contributed by atoms with E-state index in [-0.39, 0.29) is 17.9 Å². The quantitative estimate of drug-likeness (QED) is 0.750. The molecule has 0 aliphatic heterocycles. The molecule has 0 amide bonds. The molecule has 0 aromatic heterocycles. The molecule has 0 saturated heterocycles. The molecule has 3 rings (SSSR count). The van der Waals surface area contributed by atoms with E-state index in [0.717, 1.165) is 0 Å². The molecule has 1 nitrogen and oxygen atoms in total. The Morgan fingerprint density at radius 2 is 1.78 bits per heavy atom. The van der Waals surface area contributed by atoms with E-state index in [1.165, 1.54) is 43.2 Å². The Bertz CT molecular complexity index is 440. The first-order valence-electron chi connectivity index (χ1n) is 6.93. The first-order chi connectivity index (χ1) is 8.04. The van der Waals surface area contributed by atoms with Gasteiger partial charge in [0.15, 0.2) is 0 Å². The van der Waals surface area contributed by atoms with Gasteiger partial charge in [0.05, 0.1) is 0 Å². The molecule has 2 aliphatic carbocycles. The van der Waals surface area contributed by atoms with Gasteiger partial charge in [-0.1, -0.05) is 51.0 Å². The molecule has 2 N–H and O–H groups in total. The topological polar surface area (TPSA) is 26.0 Å². The standard InChI is InChI=1S/C16H23N.ClH/c1-15(2)11-12-7-5-6-10-16(12,17)14-9-4-3-8-13(14)15;/h3-4,8-9,12H,5-7,10-11,17H2,1-2H3;1H. The van der Waals surface area contributed by atoms with Crippen LogP contribution in [0.1, 0.15) is 57.1 Å². The fraction of sp³-hybridized carbons (Fsp3) is 0.625. The number of rotatable bonds is 0. The van der Waals surface area contributed by atoms with Crippen molar-refractivity contribution in [3.05, 3.63) is 35.4 Å². The van der Waals surface area contributed by atoms with Crippen molar-refractivity contribution in [2.75, 3.05) is 0 Å². The third kappa shape index (κ3) is 1.88. The van der Waals surface area contributed by atoms with Gasteiger partial charge in [0, 0.05) is 5.54 Å². The van der Waals surface area contributed by atoms with Crippen molar-refractivity contribution < 1.29 is 0 Å². The number of benzene rings is 1. The SMILES string of the molecule is CC1(C)CC2CCCCC2(N)c2ccccc21.Cl. The van der Waals surface area contributed by atoms with E-state index in [9.17, 15) is 0 Å². The van der Waals surface area contributed by atoms with Crippen molar-refractivity contribution >= 4 is 12.4 Å². The zero-order valence-corrected chi connectivity index (χ0v) is 12.2. The molecule has 1 fully saturated rings. The van der Waals surface area contributed by atoms with E-state index in [0.29, 0.717) is 11.3 Å². The van der Waals surface area contributed by atoms with Gasteiger partial charge in [-0.25, -0.2) is 0 Å². The maximum absolute atomic E-state index is 6.80. The fourth-order valence-corrected chi connectivity index (χ4v) is 4.11. The van der Waals surface area contributed by atoms with Gasteiger partial charge in [0.25, 0.3) is 0 Å². The summed E-state index contributed by atoms with van der Waals surface area (Å²) in [6.07, 6.45) is 6.39. The summed E-state index contributed by atoms with van der Waals surface area (Å²) < 4.78 is 0. The highest BCUT2D eigenvalue weighted by atomic mass is 35.5. The van der Waals surface area contributed by atoms with Crippen molar-refractivity contribution in [3.63, 3.8) is 0 Å². The minimum absolute atomic E-state index is 0. The van der Waals surface area contributed by atoms with Gasteiger partial charge < -0.3 is 5.73 Å². The predicted octanol–water partition coefficient (Wildman–Crippen LogP) is 4.13. The minimum atomic E-state index is -0.0373. The summed E-state index contributed by atoms with van der Waals surface area (Å²) in [5.74, 6) is 0.682. The maximum Gasteiger partial charge on any atom is 0.0441 e. The molecule has 1 aromatic rings. The molecule has 2 atom stereocenters. The minimum Gasteiger partial charge on any atom is -0.321 e. The van der Waals surface area contributed by atoms with Crippen LogP contribution >= 0.6 is 12.4 Å². The average molecular weight is 266 g/mol. The lowest BCUT2D eigenvalue weighted by molar-refractivity contribution is 0.130. The second-order valence-corrected chi connectivity index (χ2v) is 6.62. The predicted molar refractivity (Wildman–Crippen MR) is 79.2 cm³/mol. The van der Waals surface area contributed by atoms with Crippen LogP contribution in [0.5, 0.6) is 0 Å². The first kappa shape index (κ1) is 13.9. The van der Waals surface area contributed by atoms with Gasteiger partial charge in [-0.05, 0) is 41.7 Å². The summed E-state index contributed by atoms with van der Waals surface area (Å²) in [5, 5.41) is 0. The van der Waals surface area contributed by atoms with Crippen LogP contribution in [0.4, 0.5) is 0 Å². The number of hydrogen-bond donors (Lipinski definition) is 1. The van der Waals surface area contributed by atoms with Crippen molar-refractivity contribution in [3.8, 4) is 0 Å². The number of nitrogens with two attached hydrogens (primary N) is 1. The molecule has 0 heterocycles. The highest BCUT2D eigenvalue weighted by Gasteiger charge is 2.47. The van der Waals surface area contributed by atoms with Crippen LogP contribution in [0.25, 0.3) is 0 Å². The van der Waals surface area contributed by atoms with Gasteiger partial charge in [-0.15, -0.1) is 12.4 Å². The number of fused-ring (bicyclic) bond motifs is 3. The third-order valence-corrected chi connectivity index (χ3v) is 5.04. The molecule has 2 heteroatoms. The monoisotopic (exact) mass is 265 g/mol. The Labute approximate surface area is 117 Å². The zero-order valence-electron chi connectivity index (χ0n) is 11.4. The van der Waals surface area contributed by atoms with Crippen LogP contribution in [-0.2, 0) is 11.0 Å². The summed E-state index contributed by atoms with van der Waals surface area (Å²) in [6.45, 7) is 4.75. The van der Waals surface area contributed by atoms with E-state index in [2.05, 4.69) is 38.1 Å². The lowest BCUT2D eigenvalue weighted by Crippen LogP contribution is -2.52. The van der Waals surface area contributed by atoms with Crippen LogP contribution in [0, 0.1) is 5.92 Å². The Hall–Kier alpha value is -0.530. The van der Waals surface area contributed by atoms with Gasteiger partial charge in [0.2, 0.25) is 0 Å². The van der Waals surface area contributed by atoms with Crippen molar-refractivity contribution in [1.82, 2.24) is 0 Å². The Morgan fingerprint density at radius 1 is 1.11 bits per heavy atom. The molecule has 0 radical (unpaired) electrons. The van der Waals surface area contributed by atoms with Gasteiger partial charge in [-0.2, -0.15) is 0 Å². The molecule has 1 saturated carbocycles. The second-order valence-electron chi connectivity index (χ2n) is 6.62. The summed E-state index contributed by atoms with van der Waals surface area (Å²) in [4.78, 5) is 0. The van der Waals surface area contributed by atoms with Crippen LogP contribution in [0.2, 0.25) is 0 Å². The number of halogens is 1. The van der Waals surface area contributed by atoms with E-state index < -0.39 is 0 Å². The van der Waals surface area contributed by atoms with Crippen molar-refractivity contribution in [2.45, 2.75) is 56.9 Å². The molecule has 2 unspecified atom stereocenters. The summed E-state index contributed by atoms with van der Waals surface area (Å²) >= 11 is 0. The average Bonchev–Trinajstić information content (AvgIpc) is 2.31. The number of hydrogen-bond acceptors (Lipinski definition) is 1. The zero-order chi connectivity index (χ0) is 12.1. The smallest absolute Gasteiger partial charge is 0.0441 e. The molecular weight excluding hydrogens is 242 g/mol. The van der Waals surface area contributed by atoms with E-state index in [4.69, 9.17) is 5.73 Å². The third-order valence-electron chi connectivity index (χ3n) is 5.04. The Balaban J connectivity index is 0.00000120. The van der Waals surface area contributed by atoms with E-state index in [1.807, 2.05) is 0 Å². The van der Waals surface area contributed by atoms with Gasteiger partial charge >= 0.3 is 0 Å². The molecule has 0 spiro atoms. The largest absolute Gasteiger partial charge is 0.321 e. The van der Waals surface area contributed by atoms with Gasteiger partial charge in [-0.3, -0.25) is 0 Å². The van der Waals surface area contributed by atoms with Gasteiger partial charge in [0.1, 0.15) is 0 Å². The lowest BCUT2D eigenvalue weighted by atomic mass is 9.56. The van der Waals surface area contributed by atoms with Crippen LogP contribution in [0.15, 0.2) is 24.3 Å². The summed E-state index contributed by atoms with van der Waals surface area (Å²) in [5.41, 5.74) is 9.97. The highest BCUT2D eigenvalue weighted by molar-refractivity contribution is 5.85. The first-order valence-corrected chi connectivity index (χ1v) is 6.93. The van der Waals surface area contributed by atoms with Crippen molar-refractivity contribution in [2.24, 2.45) is 11.7 Å². The van der Waals surface area contributed by atoms with Crippen LogP contribution < -0.4 is 5.73 Å². The summed E-state index contributed by atoms with van der Waals surface area (Å²) in [7, 11) is 0. The van der Waals surface area contributed by atoms with E-state index in [1.54, 1.807) is 0 Å². The molecule has 100 valence electrons. The normalized spacial score (nSPS) is 32.9. The lowest BCUT2D eigenvalue weighted by Gasteiger charge is -2.51. The van der Waals surface area contributed by atoms with Crippen LogP contribution in [-0.4, -0.2) is 0 Å². The highest BCUT2D eigenvalue weighted by Crippen LogP contribution is 2.52. The molecule has 1 aromatic carbocycles.